The monoisotopic (exact) mass is 1420 g/mol. The number of carbonyl (C=O) groups excluding carboxylic acids is 3. The van der Waals surface area contributed by atoms with E-state index in [-0.39, 0.29) is 51.5 Å². The van der Waals surface area contributed by atoms with Gasteiger partial charge in [0.1, 0.15) is 11.2 Å². The Labute approximate surface area is 566 Å². The number of amides is 2. The lowest BCUT2D eigenvalue weighted by Gasteiger charge is -2.26. The summed E-state index contributed by atoms with van der Waals surface area (Å²) in [7, 11) is 2.75. The molecule has 4 N–H and O–H groups in total. The molecule has 0 radical (unpaired) electrons. The average molecular weight is 1430 g/mol. The standard InChI is InChI=1S/C22H23Cl2F2NO2.C22H23Cl2NO3.C17H15Cl2F2N.C6H14F3NO2S/c1-21(2,3)29-20(28)27-14-22(25,26)13-16-7-4-6-15(12-16)10-11-17-18(23)8-5-9-19(17)24;1-22(2,3)28-21(27)25-14-17(26)13-16-7-4-6-15(12-16)10-11-18-19(23)8-5-9-20(18)24;18-15-5-2-6-16(19)14(15)8-7-12-3-1-4-13(9-12)10-17(20,21)11-22;1-11-5-3-10(4-6-12-2)13(7,8)9/h4-12H,13-14H2,1-3H3,(H,27,28);4-12H,13-14H2,1-3H3,(H,25,27);1-9H,10-11,22H2;3-6H2,1-2H3/b2*11-10+;8-7+;. The molecule has 0 aliphatic carbocycles. The molecule has 0 unspecified atom stereocenters. The van der Waals surface area contributed by atoms with Gasteiger partial charge < -0.3 is 35.3 Å². The van der Waals surface area contributed by atoms with Crippen molar-refractivity contribution >= 4 is 135 Å². The molecule has 0 saturated carbocycles. The molecule has 92 heavy (non-hydrogen) atoms. The first-order valence-electron chi connectivity index (χ1n) is 28.2. The molecule has 0 bridgehead atoms. The van der Waals surface area contributed by atoms with Crippen LogP contribution in [0.5, 0.6) is 0 Å². The quantitative estimate of drug-likeness (QED) is 0.0399. The Morgan fingerprint density at radius 1 is 0.500 bits per heavy atom. The molecule has 0 aromatic heterocycles. The van der Waals surface area contributed by atoms with Gasteiger partial charge in [-0.25, -0.2) is 27.2 Å². The fraction of sp³-hybridized carbons (Fsp3) is 0.328. The van der Waals surface area contributed by atoms with Crippen LogP contribution in [0.2, 0.25) is 30.1 Å². The fourth-order valence-electron chi connectivity index (χ4n) is 7.70. The summed E-state index contributed by atoms with van der Waals surface area (Å²) in [6, 6.07) is 37.0. The zero-order chi connectivity index (χ0) is 68.9. The van der Waals surface area contributed by atoms with Gasteiger partial charge in [-0.2, -0.15) is 4.31 Å². The van der Waals surface area contributed by atoms with Crippen molar-refractivity contribution in [1.82, 2.24) is 14.9 Å². The van der Waals surface area contributed by atoms with E-state index in [4.69, 9.17) is 84.8 Å². The maximum atomic E-state index is 14.3. The molecule has 0 atom stereocenters. The number of carbonyl (C=O) groups is 3. The van der Waals surface area contributed by atoms with Gasteiger partial charge in [-0.3, -0.25) is 4.79 Å². The molecule has 0 heterocycles. The van der Waals surface area contributed by atoms with Crippen molar-refractivity contribution in [2.75, 3.05) is 60.2 Å². The lowest BCUT2D eigenvalue weighted by atomic mass is 10.0. The van der Waals surface area contributed by atoms with Crippen LogP contribution in [0.4, 0.5) is 38.8 Å². The highest BCUT2D eigenvalue weighted by Gasteiger charge is 2.32. The predicted octanol–water partition coefficient (Wildman–Crippen LogP) is 19.9. The summed E-state index contributed by atoms with van der Waals surface area (Å²) < 4.78 is 112. The summed E-state index contributed by atoms with van der Waals surface area (Å²) in [5, 5.41) is 7.82. The molecule has 0 spiro atoms. The van der Waals surface area contributed by atoms with Crippen LogP contribution in [0.15, 0.2) is 127 Å². The second-order valence-electron chi connectivity index (χ2n) is 22.1. The summed E-state index contributed by atoms with van der Waals surface area (Å²) in [4.78, 5) is 35.4. The number of halogens is 13. The second kappa shape index (κ2) is 39.2. The number of benzene rings is 6. The van der Waals surface area contributed by atoms with E-state index in [1.807, 2.05) is 42.5 Å². The van der Waals surface area contributed by atoms with Crippen molar-refractivity contribution in [2.45, 2.75) is 83.9 Å². The molecule has 6 aromatic rings. The molecule has 0 aliphatic heterocycles. The first kappa shape index (κ1) is 80.4. The number of nitrogens with one attached hydrogen (secondary N) is 2. The zero-order valence-corrected chi connectivity index (χ0v) is 57.2. The largest absolute Gasteiger partial charge is 0.444 e. The number of Topliss-reactive ketones (excluding diaryl/α,β-unsaturated/α-hetero) is 1. The topological polar surface area (TPSA) is 141 Å². The Bertz CT molecular complexity index is 3350. The van der Waals surface area contributed by atoms with Crippen LogP contribution in [-0.2, 0) is 43.0 Å². The Hall–Kier alpha value is -5.81. The smallest absolute Gasteiger partial charge is 0.408 e. The number of alkyl halides is 4. The Kier molecular flexibility index (Phi) is 34.2. The number of hydrogen-bond acceptors (Lipinski definition) is 9. The number of nitrogens with zero attached hydrogens (tertiary/aromatic N) is 1. The van der Waals surface area contributed by atoms with Gasteiger partial charge in [-0.15, -0.1) is 11.7 Å². The number of nitrogens with two attached hydrogens (primary N) is 1. The normalized spacial score (nSPS) is 12.2. The maximum Gasteiger partial charge on any atom is 0.408 e. The van der Waals surface area contributed by atoms with E-state index >= 15 is 0 Å². The molecule has 0 fully saturated rings. The van der Waals surface area contributed by atoms with Crippen LogP contribution < -0.4 is 16.4 Å². The van der Waals surface area contributed by atoms with Crippen molar-refractivity contribution in [3.05, 3.63) is 208 Å². The van der Waals surface area contributed by atoms with Gasteiger partial charge >= 0.3 is 12.2 Å². The van der Waals surface area contributed by atoms with Crippen LogP contribution in [0.25, 0.3) is 36.5 Å². The highest BCUT2D eigenvalue weighted by molar-refractivity contribution is 8.18. The van der Waals surface area contributed by atoms with Gasteiger partial charge in [-0.05, 0) is 111 Å². The van der Waals surface area contributed by atoms with Crippen molar-refractivity contribution in [3.63, 3.8) is 0 Å². The zero-order valence-electron chi connectivity index (χ0n) is 51.9. The molecule has 11 nitrogen and oxygen atoms in total. The van der Waals surface area contributed by atoms with Crippen LogP contribution in [0, 0.1) is 0 Å². The molecule has 0 saturated heterocycles. The minimum Gasteiger partial charge on any atom is -0.444 e. The molecule has 6 aromatic carbocycles. The molecule has 0 aliphatic rings. The Morgan fingerprint density at radius 2 is 0.826 bits per heavy atom. The van der Waals surface area contributed by atoms with Gasteiger partial charge in [0, 0.05) is 93.4 Å². The molecular weight excluding hydrogens is 1350 g/mol. The van der Waals surface area contributed by atoms with E-state index in [1.54, 1.807) is 163 Å². The van der Waals surface area contributed by atoms with Crippen LogP contribution in [0.3, 0.4) is 0 Å². The lowest BCUT2D eigenvalue weighted by Crippen LogP contribution is -2.40. The van der Waals surface area contributed by atoms with Gasteiger partial charge in [-0.1, -0.05) is 197 Å². The second-order valence-corrected chi connectivity index (χ2v) is 25.9. The van der Waals surface area contributed by atoms with E-state index in [2.05, 4.69) is 20.1 Å². The third kappa shape index (κ3) is 32.8. The molecular formula is C67H75Cl6F7N4O7S. The lowest BCUT2D eigenvalue weighted by molar-refractivity contribution is -0.117. The SMILES string of the molecule is CC(C)(C)OC(=O)NCC(=O)Cc1cccc(/C=C/c2c(Cl)cccc2Cl)c1.CC(C)(C)OC(=O)NCC(F)(F)Cc1cccc(/C=C/c2c(Cl)cccc2Cl)c1.COCCN(CCOC)S(F)(F)F.NCC(F)(F)Cc1cccc(/C=C/c2c(Cl)cccc2Cl)c1. The number of rotatable bonds is 24. The van der Waals surface area contributed by atoms with E-state index in [9.17, 15) is 43.6 Å². The first-order chi connectivity index (χ1) is 43.0. The number of hydrogen-bond donors (Lipinski definition) is 3. The highest BCUT2D eigenvalue weighted by atomic mass is 35.5. The third-order valence-electron chi connectivity index (χ3n) is 11.9. The minimum atomic E-state index is -5.14. The van der Waals surface area contributed by atoms with E-state index in [0.717, 1.165) is 27.8 Å². The van der Waals surface area contributed by atoms with E-state index in [1.165, 1.54) is 14.2 Å². The van der Waals surface area contributed by atoms with E-state index in [0.29, 0.717) is 56.7 Å². The molecule has 502 valence electrons. The van der Waals surface area contributed by atoms with Crippen molar-refractivity contribution in [3.8, 4) is 0 Å². The van der Waals surface area contributed by atoms with Gasteiger partial charge in [0.05, 0.1) is 32.8 Å². The number of alkyl carbamates (subject to hydrolysis) is 2. The summed E-state index contributed by atoms with van der Waals surface area (Å²) >= 11 is 31.6. The third-order valence-corrected chi connectivity index (χ3v) is 14.8. The number of methoxy groups -OCH3 is 2. The number of ketones is 1. The summed E-state index contributed by atoms with van der Waals surface area (Å²) in [5.41, 5.74) is 10.1. The molecule has 6 rings (SSSR count). The van der Waals surface area contributed by atoms with Crippen molar-refractivity contribution in [1.29, 1.82) is 0 Å². The first-order valence-corrected chi connectivity index (χ1v) is 31.8. The maximum absolute atomic E-state index is 14.3. The fourth-order valence-corrected chi connectivity index (χ4v) is 9.83. The predicted molar refractivity (Wildman–Crippen MR) is 365 cm³/mol. The van der Waals surface area contributed by atoms with Gasteiger partial charge in [0.25, 0.3) is 23.2 Å². The minimum absolute atomic E-state index is 0.0792. The van der Waals surface area contributed by atoms with Gasteiger partial charge in [0.15, 0.2) is 5.78 Å². The van der Waals surface area contributed by atoms with E-state index < -0.39 is 66.1 Å². The summed E-state index contributed by atoms with van der Waals surface area (Å²) in [6.07, 6.45) is 8.64. The molecule has 25 heteroatoms. The Balaban J connectivity index is 0.000000331. The van der Waals surface area contributed by atoms with Crippen LogP contribution >= 0.6 is 81.0 Å². The summed E-state index contributed by atoms with van der Waals surface area (Å²) in [6.45, 7) is 8.65. The van der Waals surface area contributed by atoms with Crippen LogP contribution in [-0.4, -0.2) is 105 Å². The van der Waals surface area contributed by atoms with Crippen molar-refractivity contribution in [2.24, 2.45) is 5.73 Å². The van der Waals surface area contributed by atoms with Gasteiger partial charge in [0.2, 0.25) is 0 Å². The highest BCUT2D eigenvalue weighted by Crippen LogP contribution is 2.56. The van der Waals surface area contributed by atoms with Crippen molar-refractivity contribution < 1.29 is 62.5 Å². The van der Waals surface area contributed by atoms with Crippen LogP contribution in [0.1, 0.15) is 91.6 Å². The average Bonchev–Trinajstić information content (AvgIpc) is 2.81. The molecule has 2 amide bonds. The summed E-state index contributed by atoms with van der Waals surface area (Å²) in [5.74, 6) is -6.12. The Morgan fingerprint density at radius 3 is 1.16 bits per heavy atom. The number of ether oxygens (including phenoxy) is 4.